The Labute approximate surface area is 161 Å². The fourth-order valence-corrected chi connectivity index (χ4v) is 3.04. The number of anilines is 1. The van der Waals surface area contributed by atoms with E-state index in [-0.39, 0.29) is 0 Å². The van der Waals surface area contributed by atoms with Gasteiger partial charge in [-0.25, -0.2) is 4.39 Å². The van der Waals surface area contributed by atoms with Crippen molar-refractivity contribution < 1.29 is 13.7 Å². The van der Waals surface area contributed by atoms with Gasteiger partial charge in [-0.05, 0) is 51.0 Å². The van der Waals surface area contributed by atoms with Crippen molar-refractivity contribution in [2.45, 2.75) is 38.9 Å². The monoisotopic (exact) mass is 367 g/mol. The second-order valence-corrected chi connectivity index (χ2v) is 8.12. The van der Waals surface area contributed by atoms with E-state index in [0.717, 1.165) is 16.8 Å². The van der Waals surface area contributed by atoms with E-state index in [1.54, 1.807) is 0 Å². The van der Waals surface area contributed by atoms with Crippen LogP contribution in [0.1, 0.15) is 38.8 Å². The van der Waals surface area contributed by atoms with E-state index >= 15 is 4.39 Å². The van der Waals surface area contributed by atoms with Gasteiger partial charge < -0.3 is 14.2 Å². The lowest BCUT2D eigenvalue weighted by molar-refractivity contribution is 0.00578. The third-order valence-electron chi connectivity index (χ3n) is 5.43. The lowest BCUT2D eigenvalue weighted by Gasteiger charge is -2.32. The number of nitrogens with zero attached hydrogens (tertiary/aromatic N) is 1. The second-order valence-electron chi connectivity index (χ2n) is 8.12. The highest BCUT2D eigenvalue weighted by Gasteiger charge is 2.53. The third-order valence-corrected chi connectivity index (χ3v) is 5.43. The molecule has 0 atom stereocenters. The molecule has 2 aromatic carbocycles. The summed E-state index contributed by atoms with van der Waals surface area (Å²) < 4.78 is 27.6. The molecule has 0 amide bonds. The Morgan fingerprint density at radius 1 is 0.815 bits per heavy atom. The number of halogens is 1. The molecule has 1 aliphatic rings. The van der Waals surface area contributed by atoms with Gasteiger partial charge in [0.15, 0.2) is 0 Å². The Hall–Kier alpha value is -2.11. The van der Waals surface area contributed by atoms with E-state index in [1.165, 1.54) is 0 Å². The van der Waals surface area contributed by atoms with Crippen LogP contribution in [0.3, 0.4) is 0 Å². The van der Waals surface area contributed by atoms with Gasteiger partial charge in [-0.1, -0.05) is 42.5 Å². The maximum atomic E-state index is 15.7. The van der Waals surface area contributed by atoms with E-state index in [4.69, 9.17) is 9.31 Å². The molecule has 3 rings (SSSR count). The first-order valence-corrected chi connectivity index (χ1v) is 9.21. The zero-order valence-electron chi connectivity index (χ0n) is 16.9. The van der Waals surface area contributed by atoms with Crippen LogP contribution in [0.4, 0.5) is 10.1 Å². The SMILES string of the molecule is CN(C)c1ccc(C(=C(F)B2OC(C)(C)C(C)(C)O2)c2ccccc2)cc1. The zero-order chi connectivity index (χ0) is 19.8. The van der Waals surface area contributed by atoms with Crippen LogP contribution in [-0.4, -0.2) is 32.4 Å². The predicted molar refractivity (Wildman–Crippen MR) is 110 cm³/mol. The largest absolute Gasteiger partial charge is 0.525 e. The Morgan fingerprint density at radius 2 is 1.30 bits per heavy atom. The van der Waals surface area contributed by atoms with Gasteiger partial charge in [-0.2, -0.15) is 0 Å². The minimum Gasteiger partial charge on any atom is -0.398 e. The minimum atomic E-state index is -1.03. The van der Waals surface area contributed by atoms with Crippen molar-refractivity contribution in [3.8, 4) is 0 Å². The van der Waals surface area contributed by atoms with Crippen LogP contribution < -0.4 is 4.90 Å². The standard InChI is InChI=1S/C22H27BFNO2/c1-21(2)22(3,4)27-23(26-21)20(24)19(16-10-8-7-9-11-16)17-12-14-18(15-13-17)25(5)6/h7-15H,1-6H3. The van der Waals surface area contributed by atoms with Crippen LogP contribution in [0.5, 0.6) is 0 Å². The van der Waals surface area contributed by atoms with Crippen molar-refractivity contribution in [1.29, 1.82) is 0 Å². The molecule has 1 aliphatic heterocycles. The molecule has 0 bridgehead atoms. The van der Waals surface area contributed by atoms with Gasteiger partial charge in [-0.15, -0.1) is 0 Å². The summed E-state index contributed by atoms with van der Waals surface area (Å²) in [5, 5.41) is 0. The molecule has 1 saturated heterocycles. The van der Waals surface area contributed by atoms with Crippen molar-refractivity contribution in [1.82, 2.24) is 0 Å². The summed E-state index contributed by atoms with van der Waals surface area (Å²) in [5.74, 6) is 0. The molecule has 0 unspecified atom stereocenters. The van der Waals surface area contributed by atoms with Crippen LogP contribution in [0.15, 0.2) is 60.3 Å². The molecular weight excluding hydrogens is 340 g/mol. The number of hydrogen-bond donors (Lipinski definition) is 0. The summed E-state index contributed by atoms with van der Waals surface area (Å²) in [7, 11) is 2.93. The highest BCUT2D eigenvalue weighted by Crippen LogP contribution is 2.41. The van der Waals surface area contributed by atoms with Gasteiger partial charge >= 0.3 is 7.12 Å². The molecule has 1 heterocycles. The minimum absolute atomic E-state index is 0.405. The number of benzene rings is 2. The van der Waals surface area contributed by atoms with Gasteiger partial charge in [0.25, 0.3) is 0 Å². The van der Waals surface area contributed by atoms with E-state index in [1.807, 2.05) is 101 Å². The van der Waals surface area contributed by atoms with Crippen molar-refractivity contribution in [2.75, 3.05) is 19.0 Å². The summed E-state index contributed by atoms with van der Waals surface area (Å²) in [6, 6.07) is 17.4. The molecule has 0 spiro atoms. The Kier molecular flexibility index (Phi) is 5.19. The molecular formula is C22H27BFNO2. The van der Waals surface area contributed by atoms with Crippen LogP contribution >= 0.6 is 0 Å². The molecule has 1 fully saturated rings. The average molecular weight is 367 g/mol. The number of hydrogen-bond acceptors (Lipinski definition) is 3. The maximum Gasteiger partial charge on any atom is 0.525 e. The molecule has 5 heteroatoms. The van der Waals surface area contributed by atoms with Gasteiger partial charge in [0.2, 0.25) is 0 Å². The van der Waals surface area contributed by atoms with Crippen LogP contribution in [0.2, 0.25) is 0 Å². The van der Waals surface area contributed by atoms with E-state index in [9.17, 15) is 0 Å². The van der Waals surface area contributed by atoms with Crippen LogP contribution in [0, 0.1) is 0 Å². The quantitative estimate of drug-likeness (QED) is 0.701. The van der Waals surface area contributed by atoms with Gasteiger partial charge in [0.05, 0.1) is 11.2 Å². The smallest absolute Gasteiger partial charge is 0.398 e. The molecule has 3 nitrogen and oxygen atoms in total. The van der Waals surface area contributed by atoms with Crippen LogP contribution in [0.25, 0.3) is 5.57 Å². The zero-order valence-corrected chi connectivity index (χ0v) is 16.9. The van der Waals surface area contributed by atoms with Gasteiger partial charge in [0, 0.05) is 25.4 Å². The van der Waals surface area contributed by atoms with Crippen LogP contribution in [-0.2, 0) is 9.31 Å². The molecule has 142 valence electrons. The van der Waals surface area contributed by atoms with E-state index in [0.29, 0.717) is 5.57 Å². The Morgan fingerprint density at radius 3 is 1.78 bits per heavy atom. The fourth-order valence-electron chi connectivity index (χ4n) is 3.04. The number of rotatable bonds is 4. The topological polar surface area (TPSA) is 21.7 Å². The first kappa shape index (κ1) is 19.7. The molecule has 0 aliphatic carbocycles. The lowest BCUT2D eigenvalue weighted by Crippen LogP contribution is -2.41. The second kappa shape index (κ2) is 7.14. The summed E-state index contributed by atoms with van der Waals surface area (Å²) >= 11 is 0. The summed E-state index contributed by atoms with van der Waals surface area (Å²) in [6.07, 6.45) is 0. The van der Waals surface area contributed by atoms with Crippen molar-refractivity contribution in [2.24, 2.45) is 0 Å². The van der Waals surface area contributed by atoms with Gasteiger partial charge in [-0.3, -0.25) is 0 Å². The summed E-state index contributed by atoms with van der Waals surface area (Å²) in [4.78, 5) is 2.01. The first-order chi connectivity index (χ1) is 12.6. The van der Waals surface area contributed by atoms with Crippen molar-refractivity contribution in [3.63, 3.8) is 0 Å². The highest BCUT2D eigenvalue weighted by molar-refractivity contribution is 6.55. The predicted octanol–water partition coefficient (Wildman–Crippen LogP) is 5.11. The Balaban J connectivity index is 2.09. The lowest BCUT2D eigenvalue weighted by atomic mass is 9.80. The molecule has 0 radical (unpaired) electrons. The maximum absolute atomic E-state index is 15.7. The van der Waals surface area contributed by atoms with Gasteiger partial charge in [0.1, 0.15) is 5.73 Å². The van der Waals surface area contributed by atoms with E-state index in [2.05, 4.69) is 0 Å². The fraction of sp³-hybridized carbons (Fsp3) is 0.364. The van der Waals surface area contributed by atoms with Crippen molar-refractivity contribution >= 4 is 18.4 Å². The molecule has 2 aromatic rings. The first-order valence-electron chi connectivity index (χ1n) is 9.21. The average Bonchev–Trinajstić information content (AvgIpc) is 2.84. The van der Waals surface area contributed by atoms with Crippen molar-refractivity contribution in [3.05, 3.63) is 71.5 Å². The summed E-state index contributed by atoms with van der Waals surface area (Å²) in [5.41, 5.74) is 1.55. The molecule has 0 aromatic heterocycles. The molecule has 0 saturated carbocycles. The molecule has 27 heavy (non-hydrogen) atoms. The highest BCUT2D eigenvalue weighted by atomic mass is 19.1. The third kappa shape index (κ3) is 3.80. The molecule has 0 N–H and O–H groups in total. The normalized spacial score (nSPS) is 19.0. The van der Waals surface area contributed by atoms with E-state index < -0.39 is 24.0 Å². The Bertz CT molecular complexity index is 813. The summed E-state index contributed by atoms with van der Waals surface area (Å²) in [6.45, 7) is 7.70.